The highest BCUT2D eigenvalue weighted by molar-refractivity contribution is 7.18. The monoisotopic (exact) mass is 224 g/mol. The molecule has 0 fully saturated rings. The van der Waals surface area contributed by atoms with Crippen LogP contribution < -0.4 is 0 Å². The van der Waals surface area contributed by atoms with Crippen LogP contribution in [0, 0.1) is 0 Å². The molecule has 0 saturated heterocycles. The summed E-state index contributed by atoms with van der Waals surface area (Å²) in [5, 5.41) is 0. The first-order valence-electron chi connectivity index (χ1n) is 4.82. The van der Waals surface area contributed by atoms with E-state index in [0.29, 0.717) is 0 Å². The van der Waals surface area contributed by atoms with Gasteiger partial charge in [0.25, 0.3) is 0 Å². The predicted molar refractivity (Wildman–Crippen MR) is 68.2 cm³/mol. The fourth-order valence-electron chi connectivity index (χ4n) is 1.39. The van der Waals surface area contributed by atoms with Crippen LogP contribution in [0.4, 0.5) is 0 Å². The first-order valence-corrected chi connectivity index (χ1v) is 9.04. The average Bonchev–Trinajstić information content (AvgIpc) is 2.02. The van der Waals surface area contributed by atoms with Gasteiger partial charge in [-0.05, 0) is 24.1 Å². The van der Waals surface area contributed by atoms with E-state index in [2.05, 4.69) is 43.9 Å². The van der Waals surface area contributed by atoms with Crippen molar-refractivity contribution >= 4 is 24.0 Å². The SMILES string of the molecule is C=C(C)c1ccc(C[Si](C)(C)Cl)cc1. The summed E-state index contributed by atoms with van der Waals surface area (Å²) in [6, 6.07) is 9.58. The maximum atomic E-state index is 6.29. The summed E-state index contributed by atoms with van der Waals surface area (Å²) in [5.74, 6) is 0. The Balaban J connectivity index is 2.79. The minimum absolute atomic E-state index is 1.03. The smallest absolute Gasteiger partial charge is 0.154 e. The lowest BCUT2D eigenvalue weighted by atomic mass is 10.1. The third kappa shape index (κ3) is 3.68. The van der Waals surface area contributed by atoms with Crippen molar-refractivity contribution in [2.24, 2.45) is 0 Å². The summed E-state index contributed by atoms with van der Waals surface area (Å²) < 4.78 is 0. The van der Waals surface area contributed by atoms with Crippen molar-refractivity contribution in [2.75, 3.05) is 0 Å². The van der Waals surface area contributed by atoms with Crippen LogP contribution in [-0.4, -0.2) is 7.38 Å². The molecule has 0 spiro atoms. The summed E-state index contributed by atoms with van der Waals surface area (Å²) in [7, 11) is -1.49. The highest BCUT2D eigenvalue weighted by Crippen LogP contribution is 2.18. The summed E-state index contributed by atoms with van der Waals surface area (Å²) in [6.07, 6.45) is 0. The third-order valence-electron chi connectivity index (χ3n) is 2.07. The molecule has 0 unspecified atom stereocenters. The summed E-state index contributed by atoms with van der Waals surface area (Å²) in [5.41, 5.74) is 3.66. The molecule has 0 aromatic heterocycles. The quantitative estimate of drug-likeness (QED) is 0.532. The van der Waals surface area contributed by atoms with E-state index in [1.165, 1.54) is 11.1 Å². The zero-order chi connectivity index (χ0) is 10.8. The lowest BCUT2D eigenvalue weighted by Gasteiger charge is -2.12. The van der Waals surface area contributed by atoms with Gasteiger partial charge in [-0.3, -0.25) is 0 Å². The molecular weight excluding hydrogens is 208 g/mol. The second-order valence-electron chi connectivity index (χ2n) is 4.37. The van der Waals surface area contributed by atoms with Gasteiger partial charge < -0.3 is 0 Å². The van der Waals surface area contributed by atoms with E-state index in [1.54, 1.807) is 0 Å². The lowest BCUT2D eigenvalue weighted by Crippen LogP contribution is -2.20. The number of hydrogen-bond acceptors (Lipinski definition) is 0. The maximum Gasteiger partial charge on any atom is 0.154 e. The van der Waals surface area contributed by atoms with Crippen LogP contribution in [0.5, 0.6) is 0 Å². The molecule has 14 heavy (non-hydrogen) atoms. The van der Waals surface area contributed by atoms with Gasteiger partial charge in [0.15, 0.2) is 7.38 Å². The average molecular weight is 225 g/mol. The highest BCUT2D eigenvalue weighted by atomic mass is 35.6. The van der Waals surface area contributed by atoms with Crippen molar-refractivity contribution in [3.8, 4) is 0 Å². The first-order chi connectivity index (χ1) is 6.38. The normalized spacial score (nSPS) is 11.4. The Morgan fingerprint density at radius 2 is 1.79 bits per heavy atom. The standard InChI is InChI=1S/C12H17ClSi/c1-10(2)12-7-5-11(6-8-12)9-14(3,4)13/h5-8H,1,9H2,2-4H3. The van der Waals surface area contributed by atoms with Gasteiger partial charge in [0.2, 0.25) is 0 Å². The first kappa shape index (κ1) is 11.5. The van der Waals surface area contributed by atoms with Crippen LogP contribution in [-0.2, 0) is 6.04 Å². The van der Waals surface area contributed by atoms with E-state index in [1.807, 2.05) is 6.92 Å². The molecule has 2 heteroatoms. The molecule has 0 aliphatic carbocycles. The highest BCUT2D eigenvalue weighted by Gasteiger charge is 2.17. The number of benzene rings is 1. The van der Waals surface area contributed by atoms with Crippen molar-refractivity contribution in [2.45, 2.75) is 26.1 Å². The van der Waals surface area contributed by atoms with E-state index >= 15 is 0 Å². The number of rotatable bonds is 3. The minimum atomic E-state index is -1.49. The summed E-state index contributed by atoms with van der Waals surface area (Å²) in [4.78, 5) is 0. The van der Waals surface area contributed by atoms with Gasteiger partial charge in [-0.25, -0.2) is 0 Å². The summed E-state index contributed by atoms with van der Waals surface area (Å²) in [6.45, 7) is 10.3. The molecule has 1 aromatic carbocycles. The van der Waals surface area contributed by atoms with Gasteiger partial charge >= 0.3 is 0 Å². The Bertz CT molecular complexity index is 319. The molecule has 0 amide bonds. The van der Waals surface area contributed by atoms with E-state index in [0.717, 1.165) is 11.6 Å². The molecule has 0 aliphatic rings. The van der Waals surface area contributed by atoms with Crippen molar-refractivity contribution in [1.82, 2.24) is 0 Å². The topological polar surface area (TPSA) is 0 Å². The van der Waals surface area contributed by atoms with Gasteiger partial charge in [0.05, 0.1) is 0 Å². The van der Waals surface area contributed by atoms with Crippen molar-refractivity contribution < 1.29 is 0 Å². The van der Waals surface area contributed by atoms with Crippen molar-refractivity contribution in [3.63, 3.8) is 0 Å². The van der Waals surface area contributed by atoms with Crippen molar-refractivity contribution in [3.05, 3.63) is 42.0 Å². The molecule has 0 atom stereocenters. The Morgan fingerprint density at radius 1 is 1.29 bits per heavy atom. The molecule has 0 nitrogen and oxygen atoms in total. The second-order valence-corrected chi connectivity index (χ2v) is 11.2. The number of hydrogen-bond donors (Lipinski definition) is 0. The van der Waals surface area contributed by atoms with Crippen LogP contribution in [0.1, 0.15) is 18.1 Å². The molecule has 0 N–H and O–H groups in total. The van der Waals surface area contributed by atoms with Gasteiger partial charge in [-0.2, -0.15) is 11.1 Å². The van der Waals surface area contributed by atoms with E-state index in [-0.39, 0.29) is 0 Å². The second kappa shape index (κ2) is 4.33. The fraction of sp³-hybridized carbons (Fsp3) is 0.333. The van der Waals surface area contributed by atoms with Crippen LogP contribution in [0.2, 0.25) is 13.1 Å². The van der Waals surface area contributed by atoms with Crippen LogP contribution in [0.15, 0.2) is 30.8 Å². The van der Waals surface area contributed by atoms with E-state index in [9.17, 15) is 0 Å². The van der Waals surface area contributed by atoms with Gasteiger partial charge in [-0.15, -0.1) is 0 Å². The number of allylic oxidation sites excluding steroid dienone is 1. The Labute approximate surface area is 92.3 Å². The van der Waals surface area contributed by atoms with Gasteiger partial charge in [0, 0.05) is 0 Å². The van der Waals surface area contributed by atoms with Crippen LogP contribution in [0.3, 0.4) is 0 Å². The molecule has 0 saturated carbocycles. The molecule has 0 heterocycles. The zero-order valence-electron chi connectivity index (χ0n) is 9.10. The van der Waals surface area contributed by atoms with E-state index in [4.69, 9.17) is 11.1 Å². The molecular formula is C12H17ClSi. The van der Waals surface area contributed by atoms with Gasteiger partial charge in [-0.1, -0.05) is 49.5 Å². The maximum absolute atomic E-state index is 6.29. The molecule has 0 aliphatic heterocycles. The van der Waals surface area contributed by atoms with Crippen molar-refractivity contribution in [1.29, 1.82) is 0 Å². The number of halogens is 1. The van der Waals surface area contributed by atoms with Gasteiger partial charge in [0.1, 0.15) is 0 Å². The van der Waals surface area contributed by atoms with Crippen LogP contribution >= 0.6 is 11.1 Å². The minimum Gasteiger partial charge on any atom is -0.167 e. The zero-order valence-corrected chi connectivity index (χ0v) is 10.9. The van der Waals surface area contributed by atoms with Crippen LogP contribution in [0.25, 0.3) is 5.57 Å². The Hall–Kier alpha value is -0.533. The molecule has 1 aromatic rings. The fourth-order valence-corrected chi connectivity index (χ4v) is 3.06. The Kier molecular flexibility index (Phi) is 3.57. The lowest BCUT2D eigenvalue weighted by molar-refractivity contribution is 1.33. The largest absolute Gasteiger partial charge is 0.167 e. The van der Waals surface area contributed by atoms with E-state index < -0.39 is 7.38 Å². The summed E-state index contributed by atoms with van der Waals surface area (Å²) >= 11 is 6.29. The molecule has 0 bridgehead atoms. The predicted octanol–water partition coefficient (Wildman–Crippen LogP) is 4.25. The Morgan fingerprint density at radius 3 is 2.14 bits per heavy atom. The molecule has 1 rings (SSSR count). The molecule has 0 radical (unpaired) electrons. The third-order valence-corrected chi connectivity index (χ3v) is 3.72. The molecule has 76 valence electrons.